The number of alkyl halides is 1. The molecule has 0 radical (unpaired) electrons. The summed E-state index contributed by atoms with van der Waals surface area (Å²) >= 11 is 12.9. The van der Waals surface area contributed by atoms with Crippen LogP contribution in [0.5, 0.6) is 0 Å². The van der Waals surface area contributed by atoms with Gasteiger partial charge < -0.3 is 0 Å². The number of halogens is 4. The van der Waals surface area contributed by atoms with Crippen LogP contribution in [0.25, 0.3) is 0 Å². The number of benzene rings is 2. The predicted molar refractivity (Wildman–Crippen MR) is 81.1 cm³/mol. The third-order valence-electron chi connectivity index (χ3n) is 2.82. The second-order valence-corrected chi connectivity index (χ2v) is 6.17. The fourth-order valence-electron chi connectivity index (χ4n) is 1.75. The van der Waals surface area contributed by atoms with E-state index in [-0.39, 0.29) is 10.6 Å². The second-order valence-electron chi connectivity index (χ2n) is 3.99. The molecule has 0 amide bonds. The maximum absolute atomic E-state index is 13.2. The fraction of sp³-hybridized carbons (Fsp3) is 0.143. The highest BCUT2D eigenvalue weighted by molar-refractivity contribution is 9.10. The van der Waals surface area contributed by atoms with Gasteiger partial charge in [-0.1, -0.05) is 45.7 Å². The van der Waals surface area contributed by atoms with E-state index in [1.807, 2.05) is 25.1 Å². The Hall–Kier alpha value is -0.380. The average Bonchev–Trinajstić information content (AvgIpc) is 2.35. The predicted octanol–water partition coefficient (Wildman–Crippen LogP) is 6.03. The van der Waals surface area contributed by atoms with Crippen molar-refractivity contribution in [2.24, 2.45) is 0 Å². The van der Waals surface area contributed by atoms with Gasteiger partial charge in [-0.15, -0.1) is 0 Å². The number of hydrogen-bond donors (Lipinski definition) is 0. The lowest BCUT2D eigenvalue weighted by molar-refractivity contribution is 0.620. The van der Waals surface area contributed by atoms with E-state index in [1.165, 1.54) is 6.07 Å². The Balaban J connectivity index is 2.44. The molecule has 2 rings (SSSR count). The van der Waals surface area contributed by atoms with Crippen LogP contribution in [0.4, 0.5) is 4.39 Å². The molecule has 0 nitrogen and oxygen atoms in total. The first-order valence-corrected chi connectivity index (χ1v) is 7.43. The first-order valence-electron chi connectivity index (χ1n) is 5.34. The van der Waals surface area contributed by atoms with Gasteiger partial charge >= 0.3 is 0 Å². The molecule has 1 unspecified atom stereocenters. The molecule has 0 aliphatic heterocycles. The molecule has 0 saturated carbocycles. The largest absolute Gasteiger partial charge is 0.206 e. The summed E-state index contributed by atoms with van der Waals surface area (Å²) in [4.78, 5) is -0.00639. The molecular weight excluding hydrogens is 382 g/mol. The number of hydrogen-bond acceptors (Lipinski definition) is 0. The molecule has 2 aromatic carbocycles. The van der Waals surface area contributed by atoms with Crippen molar-refractivity contribution in [3.63, 3.8) is 0 Å². The minimum atomic E-state index is -0.263. The summed E-state index contributed by atoms with van der Waals surface area (Å²) in [7, 11) is 0. The zero-order chi connectivity index (χ0) is 13.3. The molecule has 0 bridgehead atoms. The van der Waals surface area contributed by atoms with Gasteiger partial charge in [0.2, 0.25) is 0 Å². The Morgan fingerprint density at radius 2 is 1.94 bits per heavy atom. The van der Waals surface area contributed by atoms with E-state index < -0.39 is 0 Å². The van der Waals surface area contributed by atoms with Crippen LogP contribution in [0.2, 0.25) is 5.02 Å². The maximum Gasteiger partial charge on any atom is 0.137 e. The van der Waals surface area contributed by atoms with Gasteiger partial charge in [0.25, 0.3) is 0 Å². The minimum absolute atomic E-state index is 0.00639. The topological polar surface area (TPSA) is 0 Å². The van der Waals surface area contributed by atoms with Crippen molar-refractivity contribution in [1.29, 1.82) is 0 Å². The Labute approximate surface area is 127 Å². The molecule has 94 valence electrons. The highest BCUT2D eigenvalue weighted by Gasteiger charge is 2.15. The molecule has 0 heterocycles. The first-order chi connectivity index (χ1) is 8.50. The Bertz CT molecular complexity index is 584. The molecule has 0 N–H and O–H groups in total. The van der Waals surface area contributed by atoms with Crippen molar-refractivity contribution in [2.45, 2.75) is 11.8 Å². The van der Waals surface area contributed by atoms with Crippen LogP contribution in [0.3, 0.4) is 0 Å². The van der Waals surface area contributed by atoms with E-state index in [0.717, 1.165) is 21.7 Å². The maximum atomic E-state index is 13.2. The van der Waals surface area contributed by atoms with E-state index in [2.05, 4.69) is 31.9 Å². The van der Waals surface area contributed by atoms with Crippen LogP contribution < -0.4 is 0 Å². The highest BCUT2D eigenvalue weighted by Crippen LogP contribution is 2.36. The van der Waals surface area contributed by atoms with Gasteiger partial charge in [0.05, 0.1) is 9.30 Å². The second kappa shape index (κ2) is 5.72. The van der Waals surface area contributed by atoms with Gasteiger partial charge in [0.15, 0.2) is 0 Å². The molecule has 0 aliphatic carbocycles. The van der Waals surface area contributed by atoms with Crippen molar-refractivity contribution >= 4 is 43.5 Å². The molecule has 0 saturated heterocycles. The molecule has 18 heavy (non-hydrogen) atoms. The summed E-state index contributed by atoms with van der Waals surface area (Å²) in [6.07, 6.45) is 0. The lowest BCUT2D eigenvalue weighted by atomic mass is 10.0. The Kier molecular flexibility index (Phi) is 4.46. The third kappa shape index (κ3) is 2.79. The molecule has 0 aliphatic rings. The van der Waals surface area contributed by atoms with Crippen LogP contribution in [-0.2, 0) is 0 Å². The first kappa shape index (κ1) is 14.0. The van der Waals surface area contributed by atoms with Crippen LogP contribution in [0.1, 0.15) is 21.5 Å². The van der Waals surface area contributed by atoms with E-state index in [0.29, 0.717) is 4.47 Å². The zero-order valence-electron chi connectivity index (χ0n) is 9.55. The molecule has 2 aromatic rings. The molecule has 0 aromatic heterocycles. The van der Waals surface area contributed by atoms with Gasteiger partial charge in [-0.3, -0.25) is 0 Å². The monoisotopic (exact) mass is 390 g/mol. The minimum Gasteiger partial charge on any atom is -0.206 e. The molecule has 0 fully saturated rings. The van der Waals surface area contributed by atoms with Gasteiger partial charge in [-0.05, 0) is 57.7 Å². The van der Waals surface area contributed by atoms with E-state index in [4.69, 9.17) is 11.6 Å². The summed E-state index contributed by atoms with van der Waals surface area (Å²) < 4.78 is 13.7. The van der Waals surface area contributed by atoms with E-state index >= 15 is 0 Å². The van der Waals surface area contributed by atoms with Crippen LogP contribution in [0.15, 0.2) is 40.9 Å². The molecule has 4 heteroatoms. The standard InChI is InChI=1S/C14H10Br2ClF/c1-8-10(3-2-4-12(8)17)14(16)9-5-6-13(18)11(15)7-9/h2-7,14H,1H3. The van der Waals surface area contributed by atoms with E-state index in [1.54, 1.807) is 12.1 Å². The van der Waals surface area contributed by atoms with Gasteiger partial charge in [-0.2, -0.15) is 0 Å². The normalized spacial score (nSPS) is 12.5. The fourth-order valence-corrected chi connectivity index (χ4v) is 3.11. The SMILES string of the molecule is Cc1c(Cl)cccc1C(Br)c1ccc(F)c(Br)c1. The summed E-state index contributed by atoms with van der Waals surface area (Å²) in [6, 6.07) is 10.8. The molecular formula is C14H10Br2ClF. The summed E-state index contributed by atoms with van der Waals surface area (Å²) in [5, 5.41) is 0.734. The highest BCUT2D eigenvalue weighted by atomic mass is 79.9. The smallest absolute Gasteiger partial charge is 0.137 e. The van der Waals surface area contributed by atoms with Crippen LogP contribution in [0, 0.1) is 12.7 Å². The molecule has 1 atom stereocenters. The van der Waals surface area contributed by atoms with Crippen molar-refractivity contribution in [3.8, 4) is 0 Å². The van der Waals surface area contributed by atoms with Gasteiger partial charge in [0, 0.05) is 5.02 Å². The van der Waals surface area contributed by atoms with Crippen LogP contribution >= 0.6 is 43.5 Å². The Morgan fingerprint density at radius 3 is 2.61 bits per heavy atom. The number of rotatable bonds is 2. The third-order valence-corrected chi connectivity index (χ3v) is 4.86. The average molecular weight is 392 g/mol. The van der Waals surface area contributed by atoms with Gasteiger partial charge in [0.1, 0.15) is 5.82 Å². The van der Waals surface area contributed by atoms with E-state index in [9.17, 15) is 4.39 Å². The summed E-state index contributed by atoms with van der Waals surface area (Å²) in [5.41, 5.74) is 3.09. The van der Waals surface area contributed by atoms with Crippen LogP contribution in [-0.4, -0.2) is 0 Å². The van der Waals surface area contributed by atoms with Crippen molar-refractivity contribution in [3.05, 3.63) is 68.4 Å². The summed E-state index contributed by atoms with van der Waals surface area (Å²) in [6.45, 7) is 1.98. The zero-order valence-corrected chi connectivity index (χ0v) is 13.5. The van der Waals surface area contributed by atoms with Crippen molar-refractivity contribution in [1.82, 2.24) is 0 Å². The van der Waals surface area contributed by atoms with Gasteiger partial charge in [-0.25, -0.2) is 4.39 Å². The lowest BCUT2D eigenvalue weighted by Crippen LogP contribution is -1.97. The molecule has 0 spiro atoms. The van der Waals surface area contributed by atoms with Crippen molar-refractivity contribution in [2.75, 3.05) is 0 Å². The quantitative estimate of drug-likeness (QED) is 0.547. The Morgan fingerprint density at radius 1 is 1.22 bits per heavy atom. The lowest BCUT2D eigenvalue weighted by Gasteiger charge is -2.15. The summed E-state index contributed by atoms with van der Waals surface area (Å²) in [5.74, 6) is -0.263. The van der Waals surface area contributed by atoms with Crippen molar-refractivity contribution < 1.29 is 4.39 Å².